The molecule has 6 nitrogen and oxygen atoms in total. The Labute approximate surface area is 123 Å². The fourth-order valence-corrected chi connectivity index (χ4v) is 1.99. The minimum Gasteiger partial charge on any atom is -0.423 e. The van der Waals surface area contributed by atoms with Crippen molar-refractivity contribution in [3.8, 4) is 11.5 Å². The number of carbonyl (C=O) groups excluding carboxylic acids is 1. The third-order valence-corrected chi connectivity index (χ3v) is 3.18. The fourth-order valence-electron chi connectivity index (χ4n) is 1.99. The van der Waals surface area contributed by atoms with Crippen LogP contribution < -0.4 is 11.1 Å². The van der Waals surface area contributed by atoms with Crippen LogP contribution in [-0.2, 0) is 4.79 Å². The second-order valence-electron chi connectivity index (χ2n) is 5.19. The molecule has 0 fully saturated rings. The van der Waals surface area contributed by atoms with Crippen LogP contribution in [-0.4, -0.2) is 22.1 Å². The summed E-state index contributed by atoms with van der Waals surface area (Å²) in [5, 5.41) is 10.4. The Balaban J connectivity index is 2.02. The van der Waals surface area contributed by atoms with Crippen molar-refractivity contribution < 1.29 is 9.21 Å². The van der Waals surface area contributed by atoms with Crippen LogP contribution in [0.2, 0.25) is 0 Å². The van der Waals surface area contributed by atoms with Crippen LogP contribution in [0, 0.1) is 6.92 Å². The molecule has 0 aliphatic carbocycles. The molecule has 0 saturated heterocycles. The van der Waals surface area contributed by atoms with Crippen molar-refractivity contribution in [3.63, 3.8) is 0 Å². The number of nitrogens with one attached hydrogen (secondary N) is 1. The monoisotopic (exact) mass is 288 g/mol. The fraction of sp³-hybridized carbons (Fsp3) is 0.400. The zero-order valence-electron chi connectivity index (χ0n) is 12.3. The molecule has 1 aromatic carbocycles. The number of anilines is 1. The zero-order chi connectivity index (χ0) is 15.2. The van der Waals surface area contributed by atoms with Crippen molar-refractivity contribution in [1.82, 2.24) is 10.2 Å². The lowest BCUT2D eigenvalue weighted by Gasteiger charge is -2.10. The minimum absolute atomic E-state index is 0.0126. The van der Waals surface area contributed by atoms with Gasteiger partial charge in [-0.2, -0.15) is 0 Å². The second kappa shape index (κ2) is 6.99. The first-order valence-electron chi connectivity index (χ1n) is 6.99. The maximum absolute atomic E-state index is 11.9. The van der Waals surface area contributed by atoms with Crippen molar-refractivity contribution >= 4 is 11.6 Å². The van der Waals surface area contributed by atoms with Crippen molar-refractivity contribution in [2.75, 3.05) is 5.32 Å². The number of aromatic nitrogens is 2. The lowest BCUT2D eigenvalue weighted by Crippen LogP contribution is -2.17. The van der Waals surface area contributed by atoms with Crippen LogP contribution in [0.15, 0.2) is 29.0 Å². The normalized spacial score (nSPS) is 12.1. The van der Waals surface area contributed by atoms with Gasteiger partial charge in [0.2, 0.25) is 18.2 Å². The van der Waals surface area contributed by atoms with Gasteiger partial charge >= 0.3 is 0 Å². The van der Waals surface area contributed by atoms with E-state index < -0.39 is 0 Å². The quantitative estimate of drug-likeness (QED) is 0.851. The summed E-state index contributed by atoms with van der Waals surface area (Å²) in [4.78, 5) is 11.9. The lowest BCUT2D eigenvalue weighted by atomic mass is 10.1. The summed E-state index contributed by atoms with van der Waals surface area (Å²) in [7, 11) is 0. The summed E-state index contributed by atoms with van der Waals surface area (Å²) in [6.07, 6.45) is 3.37. The number of benzene rings is 1. The molecular formula is C15H20N4O2. The summed E-state index contributed by atoms with van der Waals surface area (Å²) in [6, 6.07) is 5.76. The molecule has 1 amide bonds. The van der Waals surface area contributed by atoms with Crippen molar-refractivity contribution in [1.29, 1.82) is 0 Å². The van der Waals surface area contributed by atoms with Gasteiger partial charge in [0.25, 0.3) is 0 Å². The molecule has 0 aliphatic rings. The van der Waals surface area contributed by atoms with E-state index in [-0.39, 0.29) is 11.9 Å². The Morgan fingerprint density at radius 3 is 2.95 bits per heavy atom. The molecule has 1 heterocycles. The van der Waals surface area contributed by atoms with E-state index in [2.05, 4.69) is 15.5 Å². The predicted molar refractivity (Wildman–Crippen MR) is 80.6 cm³/mol. The Morgan fingerprint density at radius 2 is 2.29 bits per heavy atom. The van der Waals surface area contributed by atoms with E-state index in [9.17, 15) is 4.79 Å². The summed E-state index contributed by atoms with van der Waals surface area (Å²) in [5.74, 6) is 0.420. The number of carbonyl (C=O) groups is 1. The molecule has 2 rings (SSSR count). The molecule has 0 saturated carbocycles. The summed E-state index contributed by atoms with van der Waals surface area (Å²) < 4.78 is 5.16. The number of amides is 1. The molecule has 0 spiro atoms. The van der Waals surface area contributed by atoms with E-state index in [1.807, 2.05) is 32.0 Å². The standard InChI is InChI=1S/C15H20N4O2/c1-10-6-7-12(15-19-17-9-21-15)8-13(10)18-14(20)5-3-4-11(2)16/h6-9,11H,3-5,16H2,1-2H3,(H,18,20). The highest BCUT2D eigenvalue weighted by Gasteiger charge is 2.09. The molecule has 3 N–H and O–H groups in total. The molecular weight excluding hydrogens is 268 g/mol. The molecule has 1 unspecified atom stereocenters. The van der Waals surface area contributed by atoms with E-state index >= 15 is 0 Å². The molecule has 0 bridgehead atoms. The number of nitrogens with two attached hydrogens (primary N) is 1. The number of hydrogen-bond acceptors (Lipinski definition) is 5. The van der Waals surface area contributed by atoms with Crippen LogP contribution in [0.3, 0.4) is 0 Å². The van der Waals surface area contributed by atoms with Gasteiger partial charge in [-0.25, -0.2) is 0 Å². The van der Waals surface area contributed by atoms with Crippen molar-refractivity contribution in [3.05, 3.63) is 30.2 Å². The summed E-state index contributed by atoms with van der Waals surface area (Å²) in [5.41, 5.74) is 8.20. The van der Waals surface area contributed by atoms with Gasteiger partial charge in [-0.05, 0) is 44.4 Å². The number of aryl methyl sites for hydroxylation is 1. The smallest absolute Gasteiger partial charge is 0.247 e. The Morgan fingerprint density at radius 1 is 1.48 bits per heavy atom. The van der Waals surface area contributed by atoms with Crippen LogP contribution in [0.1, 0.15) is 31.7 Å². The van der Waals surface area contributed by atoms with Crippen LogP contribution in [0.25, 0.3) is 11.5 Å². The maximum atomic E-state index is 11.9. The first-order valence-corrected chi connectivity index (χ1v) is 6.99. The van der Waals surface area contributed by atoms with Gasteiger partial charge in [-0.15, -0.1) is 10.2 Å². The third-order valence-electron chi connectivity index (χ3n) is 3.18. The van der Waals surface area contributed by atoms with Gasteiger partial charge in [0.05, 0.1) is 0 Å². The number of hydrogen-bond donors (Lipinski definition) is 2. The Kier molecular flexibility index (Phi) is 5.05. The first-order chi connectivity index (χ1) is 10.1. The SMILES string of the molecule is Cc1ccc(-c2nnco2)cc1NC(=O)CCCC(C)N. The van der Waals surface area contributed by atoms with Gasteiger partial charge in [-0.1, -0.05) is 6.07 Å². The summed E-state index contributed by atoms with van der Waals surface area (Å²) in [6.45, 7) is 3.88. The molecule has 112 valence electrons. The zero-order valence-corrected chi connectivity index (χ0v) is 12.3. The molecule has 0 aliphatic heterocycles. The van der Waals surface area contributed by atoms with Crippen molar-refractivity contribution in [2.45, 2.75) is 39.2 Å². The first kappa shape index (κ1) is 15.2. The Bertz CT molecular complexity index is 594. The van der Waals surface area contributed by atoms with Gasteiger partial charge in [0.1, 0.15) is 0 Å². The van der Waals surface area contributed by atoms with Gasteiger partial charge in [0.15, 0.2) is 0 Å². The van der Waals surface area contributed by atoms with Gasteiger partial charge < -0.3 is 15.5 Å². The molecule has 21 heavy (non-hydrogen) atoms. The number of nitrogens with zero attached hydrogens (tertiary/aromatic N) is 2. The molecule has 1 aromatic heterocycles. The van der Waals surface area contributed by atoms with Crippen LogP contribution >= 0.6 is 0 Å². The van der Waals surface area contributed by atoms with Gasteiger partial charge in [-0.3, -0.25) is 4.79 Å². The average molecular weight is 288 g/mol. The van der Waals surface area contributed by atoms with E-state index in [1.54, 1.807) is 0 Å². The highest BCUT2D eigenvalue weighted by atomic mass is 16.4. The van der Waals surface area contributed by atoms with Gasteiger partial charge in [0, 0.05) is 23.7 Å². The van der Waals surface area contributed by atoms with Crippen LogP contribution in [0.5, 0.6) is 0 Å². The number of rotatable bonds is 6. The molecule has 6 heteroatoms. The highest BCUT2D eigenvalue weighted by Crippen LogP contribution is 2.24. The topological polar surface area (TPSA) is 94.0 Å². The molecule has 0 radical (unpaired) electrons. The van der Waals surface area contributed by atoms with E-state index in [1.165, 1.54) is 6.39 Å². The summed E-state index contributed by atoms with van der Waals surface area (Å²) >= 11 is 0. The Hall–Kier alpha value is -2.21. The maximum Gasteiger partial charge on any atom is 0.247 e. The molecule has 2 aromatic rings. The average Bonchev–Trinajstić information content (AvgIpc) is 2.95. The second-order valence-corrected chi connectivity index (χ2v) is 5.19. The van der Waals surface area contributed by atoms with E-state index in [4.69, 9.17) is 10.2 Å². The van der Waals surface area contributed by atoms with E-state index in [0.717, 1.165) is 29.7 Å². The highest BCUT2D eigenvalue weighted by molar-refractivity contribution is 5.92. The van der Waals surface area contributed by atoms with Crippen molar-refractivity contribution in [2.24, 2.45) is 5.73 Å². The largest absolute Gasteiger partial charge is 0.423 e. The minimum atomic E-state index is -0.0126. The lowest BCUT2D eigenvalue weighted by molar-refractivity contribution is -0.116. The molecule has 1 atom stereocenters. The van der Waals surface area contributed by atoms with Crippen LogP contribution in [0.4, 0.5) is 5.69 Å². The predicted octanol–water partition coefficient (Wildman–Crippen LogP) is 2.50. The van der Waals surface area contributed by atoms with E-state index in [0.29, 0.717) is 12.3 Å². The third kappa shape index (κ3) is 4.39.